The minimum atomic E-state index is -0.412. The highest BCUT2D eigenvalue weighted by Gasteiger charge is 2.29. The van der Waals surface area contributed by atoms with Crippen molar-refractivity contribution < 1.29 is 14.3 Å². The topological polar surface area (TPSA) is 89.3 Å². The molecule has 31 heavy (non-hydrogen) atoms. The summed E-state index contributed by atoms with van der Waals surface area (Å²) in [6.07, 6.45) is 1.19. The number of nitrogens with one attached hydrogen (secondary N) is 1. The van der Waals surface area contributed by atoms with Crippen LogP contribution < -0.4 is 5.32 Å². The van der Waals surface area contributed by atoms with Gasteiger partial charge in [0.25, 0.3) is 11.8 Å². The third kappa shape index (κ3) is 4.16. The van der Waals surface area contributed by atoms with E-state index in [1.54, 1.807) is 21.8 Å². The Bertz CT molecular complexity index is 1140. The first kappa shape index (κ1) is 21.0. The van der Waals surface area contributed by atoms with Gasteiger partial charge in [-0.15, -0.1) is 0 Å². The maximum absolute atomic E-state index is 13.1. The zero-order chi connectivity index (χ0) is 22.1. The number of pyridine rings is 1. The second-order valence-electron chi connectivity index (χ2n) is 8.12. The summed E-state index contributed by atoms with van der Waals surface area (Å²) >= 11 is 0. The third-order valence-electron chi connectivity index (χ3n) is 5.55. The number of morpholine rings is 1. The molecule has 0 aliphatic carbocycles. The molecule has 1 N–H and O–H groups in total. The van der Waals surface area contributed by atoms with Crippen LogP contribution in [0.2, 0.25) is 0 Å². The second-order valence-corrected chi connectivity index (χ2v) is 8.12. The van der Waals surface area contributed by atoms with Crippen molar-refractivity contribution in [1.29, 1.82) is 0 Å². The molecule has 1 aliphatic rings. The zero-order valence-corrected chi connectivity index (χ0v) is 18.3. The first-order chi connectivity index (χ1) is 14.8. The lowest BCUT2D eigenvalue weighted by Gasteiger charge is -2.33. The third-order valence-corrected chi connectivity index (χ3v) is 5.55. The summed E-state index contributed by atoms with van der Waals surface area (Å²) in [7, 11) is 1.82. The molecule has 1 aliphatic heterocycles. The Morgan fingerprint density at radius 1 is 1.23 bits per heavy atom. The highest BCUT2D eigenvalue weighted by atomic mass is 16.5. The van der Waals surface area contributed by atoms with E-state index >= 15 is 0 Å². The van der Waals surface area contributed by atoms with Crippen LogP contribution in [-0.2, 0) is 11.8 Å². The van der Waals surface area contributed by atoms with E-state index in [1.807, 2.05) is 52.1 Å². The van der Waals surface area contributed by atoms with Crippen molar-refractivity contribution in [3.8, 4) is 0 Å². The molecule has 3 aromatic rings. The Labute approximate surface area is 181 Å². The van der Waals surface area contributed by atoms with E-state index in [2.05, 4.69) is 10.4 Å². The number of aryl methyl sites for hydroxylation is 1. The molecule has 4 rings (SSSR count). The SMILES string of the molecule is Cc1c(C(=O)N2CCO[C@@H](c3cc(C(=O)NC(C)C)c4ccccc4n3)C2)cnn1C. The second kappa shape index (κ2) is 8.47. The van der Waals surface area contributed by atoms with Crippen molar-refractivity contribution in [3.63, 3.8) is 0 Å². The van der Waals surface area contributed by atoms with Crippen LogP contribution in [0.25, 0.3) is 10.9 Å². The van der Waals surface area contributed by atoms with E-state index in [-0.39, 0.29) is 17.9 Å². The molecule has 8 heteroatoms. The number of hydrogen-bond donors (Lipinski definition) is 1. The molecule has 1 atom stereocenters. The highest BCUT2D eigenvalue weighted by molar-refractivity contribution is 6.06. The van der Waals surface area contributed by atoms with Crippen molar-refractivity contribution >= 4 is 22.7 Å². The van der Waals surface area contributed by atoms with Crippen molar-refractivity contribution in [2.75, 3.05) is 19.7 Å². The molecular formula is C23H27N5O3. The molecule has 1 fully saturated rings. The lowest BCUT2D eigenvalue weighted by Crippen LogP contribution is -2.42. The zero-order valence-electron chi connectivity index (χ0n) is 18.3. The summed E-state index contributed by atoms with van der Waals surface area (Å²) in [6.45, 7) is 6.99. The van der Waals surface area contributed by atoms with Gasteiger partial charge in [0, 0.05) is 30.7 Å². The number of para-hydroxylation sites is 1. The van der Waals surface area contributed by atoms with Crippen LogP contribution in [0.15, 0.2) is 36.5 Å². The molecule has 0 bridgehead atoms. The number of benzene rings is 1. The molecule has 8 nitrogen and oxygen atoms in total. The molecule has 1 aromatic carbocycles. The first-order valence-corrected chi connectivity index (χ1v) is 10.4. The van der Waals surface area contributed by atoms with E-state index in [0.29, 0.717) is 36.5 Å². The minimum absolute atomic E-state index is 0.0182. The summed E-state index contributed by atoms with van der Waals surface area (Å²) in [6, 6.07) is 9.37. The molecular weight excluding hydrogens is 394 g/mol. The smallest absolute Gasteiger partial charge is 0.257 e. The van der Waals surface area contributed by atoms with Crippen LogP contribution in [0.1, 0.15) is 52.1 Å². The molecule has 0 radical (unpaired) electrons. The first-order valence-electron chi connectivity index (χ1n) is 10.4. The van der Waals surface area contributed by atoms with E-state index in [4.69, 9.17) is 9.72 Å². The van der Waals surface area contributed by atoms with Crippen LogP contribution in [0.5, 0.6) is 0 Å². The molecule has 2 amide bonds. The van der Waals surface area contributed by atoms with E-state index < -0.39 is 6.10 Å². The van der Waals surface area contributed by atoms with Gasteiger partial charge >= 0.3 is 0 Å². The fourth-order valence-electron chi connectivity index (χ4n) is 3.78. The van der Waals surface area contributed by atoms with Crippen molar-refractivity contribution in [2.45, 2.75) is 32.9 Å². The van der Waals surface area contributed by atoms with Gasteiger partial charge < -0.3 is 15.0 Å². The standard InChI is InChI=1S/C23H27N5O3/c1-14(2)25-22(29)17-11-20(26-19-8-6-5-7-16(17)19)21-13-28(9-10-31-21)23(30)18-12-24-27(4)15(18)3/h5-8,11-12,14,21H,9-10,13H2,1-4H3,(H,25,29)/t21-/m1/s1. The van der Waals surface area contributed by atoms with E-state index in [0.717, 1.165) is 16.6 Å². The van der Waals surface area contributed by atoms with Crippen LogP contribution in [0, 0.1) is 6.92 Å². The van der Waals surface area contributed by atoms with Crippen LogP contribution in [0.4, 0.5) is 0 Å². The number of ether oxygens (including phenoxy) is 1. The van der Waals surface area contributed by atoms with Gasteiger partial charge in [-0.3, -0.25) is 14.3 Å². The lowest BCUT2D eigenvalue weighted by atomic mass is 10.0. The number of rotatable bonds is 4. The summed E-state index contributed by atoms with van der Waals surface area (Å²) in [4.78, 5) is 32.4. The normalized spacial score (nSPS) is 16.7. The number of hydrogen-bond acceptors (Lipinski definition) is 5. The molecule has 1 saturated heterocycles. The maximum Gasteiger partial charge on any atom is 0.257 e. The van der Waals surface area contributed by atoms with Gasteiger partial charge in [-0.1, -0.05) is 18.2 Å². The molecule has 0 spiro atoms. The Hall–Kier alpha value is -3.26. The van der Waals surface area contributed by atoms with Crippen LogP contribution in [0.3, 0.4) is 0 Å². The van der Waals surface area contributed by atoms with E-state index in [9.17, 15) is 9.59 Å². The van der Waals surface area contributed by atoms with Gasteiger partial charge in [-0.25, -0.2) is 4.98 Å². The highest BCUT2D eigenvalue weighted by Crippen LogP contribution is 2.27. The average molecular weight is 422 g/mol. The van der Waals surface area contributed by atoms with Gasteiger partial charge in [0.1, 0.15) is 6.10 Å². The molecule has 0 saturated carbocycles. The Morgan fingerprint density at radius 3 is 2.71 bits per heavy atom. The predicted octanol–water partition coefficient (Wildman–Crippen LogP) is 2.63. The predicted molar refractivity (Wildman–Crippen MR) is 117 cm³/mol. The Balaban J connectivity index is 1.65. The van der Waals surface area contributed by atoms with Crippen molar-refractivity contribution in [1.82, 2.24) is 25.0 Å². The van der Waals surface area contributed by atoms with Gasteiger partial charge in [0.15, 0.2) is 0 Å². The van der Waals surface area contributed by atoms with E-state index in [1.165, 1.54) is 0 Å². The largest absolute Gasteiger partial charge is 0.368 e. The summed E-state index contributed by atoms with van der Waals surface area (Å²) < 4.78 is 7.66. The fraction of sp³-hybridized carbons (Fsp3) is 0.391. The summed E-state index contributed by atoms with van der Waals surface area (Å²) in [5.41, 5.74) is 3.35. The molecule has 3 heterocycles. The molecule has 2 aromatic heterocycles. The number of aromatic nitrogens is 3. The number of amides is 2. The number of carbonyl (C=O) groups is 2. The minimum Gasteiger partial charge on any atom is -0.368 e. The van der Waals surface area contributed by atoms with Gasteiger partial charge in [-0.05, 0) is 32.9 Å². The summed E-state index contributed by atoms with van der Waals surface area (Å²) in [5.74, 6) is -0.220. The van der Waals surface area contributed by atoms with Crippen molar-refractivity contribution in [2.24, 2.45) is 7.05 Å². The monoisotopic (exact) mass is 421 g/mol. The Morgan fingerprint density at radius 2 is 2.00 bits per heavy atom. The quantitative estimate of drug-likeness (QED) is 0.700. The Kier molecular flexibility index (Phi) is 5.73. The van der Waals surface area contributed by atoms with Gasteiger partial charge in [0.2, 0.25) is 0 Å². The molecule has 0 unspecified atom stereocenters. The fourth-order valence-corrected chi connectivity index (χ4v) is 3.78. The summed E-state index contributed by atoms with van der Waals surface area (Å²) in [5, 5.41) is 7.93. The number of fused-ring (bicyclic) bond motifs is 1. The van der Waals surface area contributed by atoms with Crippen LogP contribution >= 0.6 is 0 Å². The number of nitrogens with zero attached hydrogens (tertiary/aromatic N) is 4. The number of carbonyl (C=O) groups excluding carboxylic acids is 2. The van der Waals surface area contributed by atoms with Crippen molar-refractivity contribution in [3.05, 3.63) is 59.0 Å². The van der Waals surface area contributed by atoms with Crippen LogP contribution in [-0.4, -0.2) is 57.2 Å². The lowest BCUT2D eigenvalue weighted by molar-refractivity contribution is -0.0246. The maximum atomic E-state index is 13.1. The molecule has 162 valence electrons. The average Bonchev–Trinajstić information content (AvgIpc) is 3.10. The van der Waals surface area contributed by atoms with Gasteiger partial charge in [-0.2, -0.15) is 5.10 Å². The van der Waals surface area contributed by atoms with Gasteiger partial charge in [0.05, 0.1) is 41.7 Å².